The Kier molecular flexibility index (Phi) is 8.03. The molecule has 0 aromatic carbocycles. The number of nitrogens with two attached hydrogens (primary N) is 3. The van der Waals surface area contributed by atoms with Crippen LogP contribution in [0.25, 0.3) is 0 Å². The molecule has 1 spiro atoms. The van der Waals surface area contributed by atoms with Gasteiger partial charge in [-0.1, -0.05) is 0 Å². The van der Waals surface area contributed by atoms with Crippen LogP contribution in [0.2, 0.25) is 0 Å². The highest BCUT2D eigenvalue weighted by Gasteiger charge is 2.67. The number of ether oxygens (including phenoxy) is 5. The maximum absolute atomic E-state index is 10.7. The van der Waals surface area contributed by atoms with Crippen LogP contribution in [0.4, 0.5) is 0 Å². The third-order valence-corrected chi connectivity index (χ3v) is 7.09. The lowest BCUT2D eigenvalue weighted by Gasteiger charge is -2.46. The Morgan fingerprint density at radius 1 is 0.829 bits per heavy atom. The van der Waals surface area contributed by atoms with E-state index in [9.17, 15) is 40.9 Å². The van der Waals surface area contributed by atoms with Crippen molar-refractivity contribution in [3.63, 3.8) is 0 Å². The van der Waals surface area contributed by atoms with E-state index in [-0.39, 0.29) is 6.42 Å². The SMILES string of the molecule is N[C@H](CO)[C@H]1O[C@]2(O[C@@H]3[C@H](O)[C@H](CO)O[C@H](OC4[C@@H](O)[C@H](N)C[C@H](N)[C@H]4O)[C@@H]3O2)[C@@H](O)[C@@H](O)[C@H]1O. The monoisotopic (exact) mass is 513 g/mol. The fourth-order valence-corrected chi connectivity index (χ4v) is 4.98. The number of hydrogen-bond acceptors (Lipinski definition) is 16. The lowest BCUT2D eigenvalue weighted by molar-refractivity contribution is -0.439. The third kappa shape index (κ3) is 4.61. The van der Waals surface area contributed by atoms with Crippen molar-refractivity contribution in [1.82, 2.24) is 0 Å². The second-order valence-corrected chi connectivity index (χ2v) is 9.48. The molecular weight excluding hydrogens is 478 g/mol. The Morgan fingerprint density at radius 2 is 1.43 bits per heavy atom. The predicted molar refractivity (Wildman–Crippen MR) is 110 cm³/mol. The molecule has 3 saturated heterocycles. The number of hydrogen-bond donors (Lipinski definition) is 11. The van der Waals surface area contributed by atoms with Crippen LogP contribution in [0.3, 0.4) is 0 Å². The normalized spacial score (nSPS) is 55.6. The Morgan fingerprint density at radius 3 is 2.00 bits per heavy atom. The van der Waals surface area contributed by atoms with Crippen LogP contribution in [-0.4, -0.2) is 152 Å². The van der Waals surface area contributed by atoms with Crippen LogP contribution in [-0.2, 0) is 23.7 Å². The van der Waals surface area contributed by atoms with Crippen molar-refractivity contribution in [2.45, 2.75) is 104 Å². The summed E-state index contributed by atoms with van der Waals surface area (Å²) in [4.78, 5) is 0. The maximum Gasteiger partial charge on any atom is 0.314 e. The number of rotatable bonds is 5. The lowest BCUT2D eigenvalue weighted by Crippen LogP contribution is -2.69. The molecule has 204 valence electrons. The van der Waals surface area contributed by atoms with Crippen LogP contribution in [0.5, 0.6) is 0 Å². The van der Waals surface area contributed by atoms with Crippen LogP contribution < -0.4 is 17.2 Å². The Bertz CT molecular complexity index is 726. The molecule has 1 saturated carbocycles. The molecule has 16 nitrogen and oxygen atoms in total. The van der Waals surface area contributed by atoms with E-state index in [1.807, 2.05) is 0 Å². The topological polar surface area (TPSA) is 286 Å². The van der Waals surface area contributed by atoms with Gasteiger partial charge in [-0.3, -0.25) is 0 Å². The maximum atomic E-state index is 10.7. The summed E-state index contributed by atoms with van der Waals surface area (Å²) in [6.45, 7) is -1.35. The number of aliphatic hydroxyl groups excluding tert-OH is 8. The largest absolute Gasteiger partial charge is 0.395 e. The van der Waals surface area contributed by atoms with Gasteiger partial charge in [0.05, 0.1) is 31.5 Å². The first-order chi connectivity index (χ1) is 16.5. The average Bonchev–Trinajstić information content (AvgIpc) is 3.23. The van der Waals surface area contributed by atoms with Gasteiger partial charge in [0.1, 0.15) is 48.8 Å². The van der Waals surface area contributed by atoms with Crippen LogP contribution >= 0.6 is 0 Å². The van der Waals surface area contributed by atoms with Crippen molar-refractivity contribution in [2.24, 2.45) is 17.2 Å². The molecule has 16 atom stereocenters. The quantitative estimate of drug-likeness (QED) is 0.163. The van der Waals surface area contributed by atoms with Crippen molar-refractivity contribution >= 4 is 0 Å². The molecule has 0 radical (unpaired) electrons. The highest BCUT2D eigenvalue weighted by Crippen LogP contribution is 2.45. The van der Waals surface area contributed by atoms with E-state index in [1.165, 1.54) is 0 Å². The Labute approximate surface area is 199 Å². The van der Waals surface area contributed by atoms with E-state index < -0.39 is 111 Å². The molecule has 35 heavy (non-hydrogen) atoms. The first-order valence-electron chi connectivity index (χ1n) is 11.4. The third-order valence-electron chi connectivity index (χ3n) is 7.09. The van der Waals surface area contributed by atoms with Gasteiger partial charge in [0, 0.05) is 12.1 Å². The zero-order valence-corrected chi connectivity index (χ0v) is 18.6. The summed E-state index contributed by atoms with van der Waals surface area (Å²) >= 11 is 0. The van der Waals surface area contributed by atoms with E-state index in [1.54, 1.807) is 0 Å². The summed E-state index contributed by atoms with van der Waals surface area (Å²) in [5.41, 5.74) is 17.5. The lowest BCUT2D eigenvalue weighted by atomic mass is 9.84. The van der Waals surface area contributed by atoms with Crippen molar-refractivity contribution in [3.05, 3.63) is 0 Å². The van der Waals surface area contributed by atoms with E-state index >= 15 is 0 Å². The van der Waals surface area contributed by atoms with E-state index in [4.69, 9.17) is 40.9 Å². The zero-order valence-electron chi connectivity index (χ0n) is 18.6. The van der Waals surface area contributed by atoms with Gasteiger partial charge in [-0.15, -0.1) is 0 Å². The Balaban J connectivity index is 1.62. The summed E-state index contributed by atoms with van der Waals surface area (Å²) in [6.07, 6.45) is -18.2. The minimum Gasteiger partial charge on any atom is -0.395 e. The highest BCUT2D eigenvalue weighted by molar-refractivity contribution is 5.04. The number of aliphatic hydroxyl groups is 8. The molecule has 16 heteroatoms. The van der Waals surface area contributed by atoms with Gasteiger partial charge >= 0.3 is 5.97 Å². The van der Waals surface area contributed by atoms with Crippen molar-refractivity contribution in [1.29, 1.82) is 0 Å². The Hall–Kier alpha value is -0.640. The first kappa shape index (κ1) is 27.4. The molecule has 0 aromatic rings. The zero-order chi connectivity index (χ0) is 25.8. The molecule has 1 unspecified atom stereocenters. The molecule has 4 fully saturated rings. The van der Waals surface area contributed by atoms with Gasteiger partial charge in [0.25, 0.3) is 0 Å². The minimum atomic E-state index is -2.49. The summed E-state index contributed by atoms with van der Waals surface area (Å²) in [7, 11) is 0. The summed E-state index contributed by atoms with van der Waals surface area (Å²) in [5.74, 6) is -2.49. The van der Waals surface area contributed by atoms with E-state index in [0.717, 1.165) is 0 Å². The second kappa shape index (κ2) is 10.3. The van der Waals surface area contributed by atoms with Gasteiger partial charge in [-0.05, 0) is 6.42 Å². The van der Waals surface area contributed by atoms with E-state index in [2.05, 4.69) is 0 Å². The minimum absolute atomic E-state index is 0.118. The molecular formula is C19H35N3O13. The van der Waals surface area contributed by atoms with Gasteiger partial charge < -0.3 is 81.7 Å². The molecule has 3 heterocycles. The van der Waals surface area contributed by atoms with Crippen molar-refractivity contribution < 1.29 is 64.5 Å². The summed E-state index contributed by atoms with van der Waals surface area (Å²) < 4.78 is 28.5. The summed E-state index contributed by atoms with van der Waals surface area (Å²) in [5, 5.41) is 82.1. The molecule has 1 aliphatic carbocycles. The van der Waals surface area contributed by atoms with Gasteiger partial charge in [-0.25, -0.2) is 0 Å². The van der Waals surface area contributed by atoms with Crippen LogP contribution in [0, 0.1) is 0 Å². The van der Waals surface area contributed by atoms with Crippen molar-refractivity contribution in [2.75, 3.05) is 13.2 Å². The molecule has 3 aliphatic heterocycles. The van der Waals surface area contributed by atoms with Crippen LogP contribution in [0.15, 0.2) is 0 Å². The fourth-order valence-electron chi connectivity index (χ4n) is 4.98. The average molecular weight is 513 g/mol. The standard InChI is InChI=1S/C19H35N3O13/c20-4-1-5(21)9(26)14(8(4)25)32-18-16-15(10(27)7(3-24)31-18)34-19(35-16)17(30)12(29)11(28)13(33-19)6(22)2-23/h4-18,23-30H,1-3,20-22H2/t4-,5+,6-,7+,8+,9-,10-,11-,12+,13-,14?,15-,16-,17+,18-,19+/m1/s1. The van der Waals surface area contributed by atoms with Gasteiger partial charge in [0.15, 0.2) is 12.4 Å². The molecule has 0 aromatic heterocycles. The number of fused-ring (bicyclic) bond motifs is 1. The van der Waals surface area contributed by atoms with Gasteiger partial charge in [0.2, 0.25) is 0 Å². The first-order valence-corrected chi connectivity index (χ1v) is 11.4. The van der Waals surface area contributed by atoms with Crippen LogP contribution in [0.1, 0.15) is 6.42 Å². The smallest absolute Gasteiger partial charge is 0.314 e. The molecule has 0 bridgehead atoms. The second-order valence-electron chi connectivity index (χ2n) is 9.48. The van der Waals surface area contributed by atoms with Gasteiger partial charge in [-0.2, -0.15) is 0 Å². The summed E-state index contributed by atoms with van der Waals surface area (Å²) in [6, 6.07) is -2.87. The molecule has 4 aliphatic rings. The molecule has 14 N–H and O–H groups in total. The highest BCUT2D eigenvalue weighted by atomic mass is 16.9. The molecule has 4 rings (SSSR count). The fraction of sp³-hybridized carbons (Fsp3) is 1.00. The predicted octanol–water partition coefficient (Wildman–Crippen LogP) is -7.53. The van der Waals surface area contributed by atoms with Crippen molar-refractivity contribution in [3.8, 4) is 0 Å². The molecule has 0 amide bonds. The van der Waals surface area contributed by atoms with E-state index in [0.29, 0.717) is 0 Å².